The van der Waals surface area contributed by atoms with E-state index >= 15 is 0 Å². The van der Waals surface area contributed by atoms with E-state index in [-0.39, 0.29) is 12.6 Å². The van der Waals surface area contributed by atoms with E-state index in [0.29, 0.717) is 19.8 Å². The van der Waals surface area contributed by atoms with E-state index < -0.39 is 0 Å². The second-order valence-corrected chi connectivity index (χ2v) is 4.54. The summed E-state index contributed by atoms with van der Waals surface area (Å²) in [4.78, 5) is 0. The maximum atomic E-state index is 8.56. The quantitative estimate of drug-likeness (QED) is 0.750. The Labute approximate surface area is 108 Å². The molecule has 2 rings (SSSR count). The predicted octanol–water partition coefficient (Wildman–Crippen LogP) is 1.41. The Bertz CT molecular complexity index is 381. The van der Waals surface area contributed by atoms with Gasteiger partial charge in [-0.25, -0.2) is 0 Å². The Morgan fingerprint density at radius 2 is 2.17 bits per heavy atom. The van der Waals surface area contributed by atoms with Crippen LogP contribution in [0.4, 0.5) is 0 Å². The van der Waals surface area contributed by atoms with Crippen molar-refractivity contribution in [2.24, 2.45) is 5.73 Å². The van der Waals surface area contributed by atoms with E-state index in [4.69, 9.17) is 20.3 Å². The number of nitrogens with two attached hydrogens (primary N) is 1. The van der Waals surface area contributed by atoms with Crippen molar-refractivity contribution in [1.29, 1.82) is 0 Å². The summed E-state index contributed by atoms with van der Waals surface area (Å²) in [7, 11) is 0. The Hall–Kier alpha value is -1.10. The molecule has 0 amide bonds. The average Bonchev–Trinajstić information content (AvgIpc) is 2.39. The molecule has 1 aromatic carbocycles. The highest BCUT2D eigenvalue weighted by Gasteiger charge is 2.16. The van der Waals surface area contributed by atoms with Crippen molar-refractivity contribution in [2.45, 2.75) is 25.3 Å². The molecule has 4 heteroatoms. The molecule has 0 fully saturated rings. The van der Waals surface area contributed by atoms with E-state index in [9.17, 15) is 0 Å². The van der Waals surface area contributed by atoms with Crippen molar-refractivity contribution in [3.63, 3.8) is 0 Å². The highest BCUT2D eigenvalue weighted by molar-refractivity contribution is 5.38. The molecule has 0 aliphatic heterocycles. The Balaban J connectivity index is 1.87. The molecule has 1 aliphatic carbocycles. The molecule has 0 bridgehead atoms. The fourth-order valence-electron chi connectivity index (χ4n) is 2.30. The molecule has 0 saturated carbocycles. The highest BCUT2D eigenvalue weighted by atomic mass is 16.5. The molecule has 0 radical (unpaired) electrons. The van der Waals surface area contributed by atoms with Crippen molar-refractivity contribution >= 4 is 0 Å². The summed E-state index contributed by atoms with van der Waals surface area (Å²) >= 11 is 0. The van der Waals surface area contributed by atoms with Crippen LogP contribution < -0.4 is 10.5 Å². The third-order valence-electron chi connectivity index (χ3n) is 3.21. The van der Waals surface area contributed by atoms with Gasteiger partial charge in [0.05, 0.1) is 19.8 Å². The number of hydrogen-bond acceptors (Lipinski definition) is 4. The van der Waals surface area contributed by atoms with Crippen LogP contribution in [0.25, 0.3) is 0 Å². The molecule has 0 heterocycles. The van der Waals surface area contributed by atoms with Crippen LogP contribution in [0, 0.1) is 0 Å². The SMILES string of the molecule is NC1CCCc2cc(OCCOCCO)ccc21. The number of aliphatic hydroxyl groups is 1. The lowest BCUT2D eigenvalue weighted by Crippen LogP contribution is -2.17. The van der Waals surface area contributed by atoms with Crippen molar-refractivity contribution in [2.75, 3.05) is 26.4 Å². The van der Waals surface area contributed by atoms with E-state index in [2.05, 4.69) is 12.1 Å². The maximum Gasteiger partial charge on any atom is 0.119 e. The summed E-state index contributed by atoms with van der Waals surface area (Å²) in [6.45, 7) is 1.42. The Kier molecular flexibility index (Phi) is 4.99. The van der Waals surface area contributed by atoms with Crippen LogP contribution >= 0.6 is 0 Å². The number of ether oxygens (including phenoxy) is 2. The van der Waals surface area contributed by atoms with Gasteiger partial charge in [0.1, 0.15) is 12.4 Å². The number of rotatable bonds is 6. The molecule has 1 aromatic rings. The lowest BCUT2D eigenvalue weighted by Gasteiger charge is -2.22. The second-order valence-electron chi connectivity index (χ2n) is 4.54. The van der Waals surface area contributed by atoms with Crippen LogP contribution in [0.3, 0.4) is 0 Å². The fourth-order valence-corrected chi connectivity index (χ4v) is 2.30. The summed E-state index contributed by atoms with van der Waals surface area (Å²) in [5.74, 6) is 0.871. The van der Waals surface area contributed by atoms with Crippen LogP contribution in [0.1, 0.15) is 30.0 Å². The number of aliphatic hydroxyl groups excluding tert-OH is 1. The van der Waals surface area contributed by atoms with Gasteiger partial charge in [-0.3, -0.25) is 0 Å². The minimum Gasteiger partial charge on any atom is -0.491 e. The van der Waals surface area contributed by atoms with Crippen LogP contribution in [0.15, 0.2) is 18.2 Å². The van der Waals surface area contributed by atoms with E-state index in [1.807, 2.05) is 6.07 Å². The van der Waals surface area contributed by atoms with Crippen LogP contribution in [0.5, 0.6) is 5.75 Å². The highest BCUT2D eigenvalue weighted by Crippen LogP contribution is 2.30. The summed E-state index contributed by atoms with van der Waals surface area (Å²) < 4.78 is 10.7. The number of aryl methyl sites for hydroxylation is 1. The molecule has 1 unspecified atom stereocenters. The van der Waals surface area contributed by atoms with Gasteiger partial charge in [0.25, 0.3) is 0 Å². The lowest BCUT2D eigenvalue weighted by atomic mass is 9.88. The third kappa shape index (κ3) is 3.45. The molecular weight excluding hydrogens is 230 g/mol. The van der Waals surface area contributed by atoms with Gasteiger partial charge in [-0.05, 0) is 42.5 Å². The first kappa shape index (κ1) is 13.3. The third-order valence-corrected chi connectivity index (χ3v) is 3.21. The molecule has 100 valence electrons. The van der Waals surface area contributed by atoms with Crippen LogP contribution in [0.2, 0.25) is 0 Å². The largest absolute Gasteiger partial charge is 0.491 e. The van der Waals surface area contributed by atoms with Gasteiger partial charge >= 0.3 is 0 Å². The number of benzene rings is 1. The minimum absolute atomic E-state index is 0.0523. The smallest absolute Gasteiger partial charge is 0.119 e. The van der Waals surface area contributed by atoms with Gasteiger partial charge in [0.2, 0.25) is 0 Å². The molecule has 0 spiro atoms. The molecule has 18 heavy (non-hydrogen) atoms. The summed E-state index contributed by atoms with van der Waals surface area (Å²) in [6, 6.07) is 6.30. The number of fused-ring (bicyclic) bond motifs is 1. The molecule has 4 nitrogen and oxygen atoms in total. The topological polar surface area (TPSA) is 64.7 Å². The summed E-state index contributed by atoms with van der Waals surface area (Å²) in [6.07, 6.45) is 3.31. The van der Waals surface area contributed by atoms with Crippen LogP contribution in [-0.4, -0.2) is 31.5 Å². The standard InChI is InChI=1S/C14H21NO3/c15-14-3-1-2-11-10-12(4-5-13(11)14)18-9-8-17-7-6-16/h4-5,10,14,16H,1-3,6-9,15H2. The summed E-state index contributed by atoms with van der Waals surface area (Å²) in [5, 5.41) is 8.56. The number of hydrogen-bond donors (Lipinski definition) is 2. The fraction of sp³-hybridized carbons (Fsp3) is 0.571. The predicted molar refractivity (Wildman–Crippen MR) is 69.7 cm³/mol. The van der Waals surface area contributed by atoms with Crippen molar-refractivity contribution < 1.29 is 14.6 Å². The van der Waals surface area contributed by atoms with Crippen molar-refractivity contribution in [3.8, 4) is 5.75 Å². The average molecular weight is 251 g/mol. The van der Waals surface area contributed by atoms with Gasteiger partial charge in [0.15, 0.2) is 0 Å². The Morgan fingerprint density at radius 3 is 3.00 bits per heavy atom. The van der Waals surface area contributed by atoms with Gasteiger partial charge in [0, 0.05) is 6.04 Å². The normalized spacial score (nSPS) is 18.4. The van der Waals surface area contributed by atoms with Gasteiger partial charge in [-0.15, -0.1) is 0 Å². The van der Waals surface area contributed by atoms with Gasteiger partial charge < -0.3 is 20.3 Å². The molecule has 1 aliphatic rings. The first-order valence-corrected chi connectivity index (χ1v) is 6.51. The summed E-state index contributed by atoms with van der Waals surface area (Å²) in [5.41, 5.74) is 8.63. The van der Waals surface area contributed by atoms with Gasteiger partial charge in [-0.2, -0.15) is 0 Å². The Morgan fingerprint density at radius 1 is 1.28 bits per heavy atom. The monoisotopic (exact) mass is 251 g/mol. The van der Waals surface area contributed by atoms with Crippen molar-refractivity contribution in [1.82, 2.24) is 0 Å². The van der Waals surface area contributed by atoms with E-state index in [1.54, 1.807) is 0 Å². The maximum absolute atomic E-state index is 8.56. The molecule has 3 N–H and O–H groups in total. The zero-order valence-corrected chi connectivity index (χ0v) is 10.6. The first-order chi connectivity index (χ1) is 8.81. The first-order valence-electron chi connectivity index (χ1n) is 6.51. The van der Waals surface area contributed by atoms with E-state index in [0.717, 1.165) is 25.0 Å². The lowest BCUT2D eigenvalue weighted by molar-refractivity contribution is 0.0705. The van der Waals surface area contributed by atoms with E-state index in [1.165, 1.54) is 11.1 Å². The molecule has 1 atom stereocenters. The molecule has 0 aromatic heterocycles. The van der Waals surface area contributed by atoms with Crippen molar-refractivity contribution in [3.05, 3.63) is 29.3 Å². The molecule has 0 saturated heterocycles. The van der Waals surface area contributed by atoms with Gasteiger partial charge in [-0.1, -0.05) is 6.07 Å². The van der Waals surface area contributed by atoms with Crippen LogP contribution in [-0.2, 0) is 11.2 Å². The zero-order chi connectivity index (χ0) is 12.8. The second kappa shape index (κ2) is 6.73. The minimum atomic E-state index is 0.0523. The zero-order valence-electron chi connectivity index (χ0n) is 10.6. The molecular formula is C14H21NO3.